The Morgan fingerprint density at radius 1 is 1.25 bits per heavy atom. The molecular weight excluding hydrogens is 214 g/mol. The molecule has 0 rings (SSSR count). The summed E-state index contributed by atoms with van der Waals surface area (Å²) >= 11 is 0. The van der Waals surface area contributed by atoms with E-state index in [1.807, 2.05) is 0 Å². The number of hydrogen-bond donors (Lipinski definition) is 3. The molecule has 0 aliphatic rings. The fraction of sp³-hybridized carbons (Fsp3) is 0.667. The van der Waals surface area contributed by atoms with E-state index in [1.165, 1.54) is 0 Å². The minimum absolute atomic E-state index is 0.353. The number of carbonyl (C=O) groups excluding carboxylic acids is 3. The summed E-state index contributed by atoms with van der Waals surface area (Å²) in [4.78, 5) is 32.7. The van der Waals surface area contributed by atoms with Crippen molar-refractivity contribution in [2.75, 3.05) is 0 Å². The number of nitrogens with two attached hydrogens (primary N) is 2. The SMILES string of the molecule is CC(C)(C)OC(=O)N[C@H](CC(N)=O)C(N)=O. The summed E-state index contributed by atoms with van der Waals surface area (Å²) in [6, 6.07) is -1.15. The number of amides is 3. The molecule has 92 valence electrons. The summed E-state index contributed by atoms with van der Waals surface area (Å²) < 4.78 is 4.89. The van der Waals surface area contributed by atoms with Crippen molar-refractivity contribution in [3.05, 3.63) is 0 Å². The van der Waals surface area contributed by atoms with Crippen LogP contribution in [-0.4, -0.2) is 29.6 Å². The zero-order chi connectivity index (χ0) is 12.9. The van der Waals surface area contributed by atoms with Gasteiger partial charge in [-0.15, -0.1) is 0 Å². The highest BCUT2D eigenvalue weighted by Crippen LogP contribution is 2.07. The summed E-state index contributed by atoms with van der Waals surface area (Å²) in [5.41, 5.74) is 9.18. The molecular formula is C9H17N3O4. The minimum atomic E-state index is -1.15. The first-order valence-electron chi connectivity index (χ1n) is 4.69. The number of alkyl carbamates (subject to hydrolysis) is 1. The number of rotatable bonds is 4. The number of hydrogen-bond acceptors (Lipinski definition) is 4. The quantitative estimate of drug-likeness (QED) is 0.588. The van der Waals surface area contributed by atoms with Crippen LogP contribution in [0.5, 0.6) is 0 Å². The van der Waals surface area contributed by atoms with Crippen LogP contribution >= 0.6 is 0 Å². The highest BCUT2D eigenvalue weighted by atomic mass is 16.6. The van der Waals surface area contributed by atoms with E-state index in [0.29, 0.717) is 0 Å². The van der Waals surface area contributed by atoms with Crippen LogP contribution in [0.1, 0.15) is 27.2 Å². The molecule has 0 aromatic carbocycles. The second-order valence-corrected chi connectivity index (χ2v) is 4.27. The fourth-order valence-corrected chi connectivity index (χ4v) is 0.874. The lowest BCUT2D eigenvalue weighted by Gasteiger charge is -2.21. The minimum Gasteiger partial charge on any atom is -0.444 e. The predicted molar refractivity (Wildman–Crippen MR) is 56.2 cm³/mol. The molecule has 3 amide bonds. The molecule has 0 aromatic heterocycles. The summed E-state index contributed by atoms with van der Waals surface area (Å²) in [5, 5.41) is 2.17. The van der Waals surface area contributed by atoms with Gasteiger partial charge in [0, 0.05) is 0 Å². The van der Waals surface area contributed by atoms with Gasteiger partial charge in [-0.05, 0) is 20.8 Å². The Morgan fingerprint density at radius 3 is 2.06 bits per heavy atom. The van der Waals surface area contributed by atoms with E-state index < -0.39 is 29.6 Å². The van der Waals surface area contributed by atoms with Gasteiger partial charge in [0.2, 0.25) is 11.8 Å². The first-order chi connectivity index (χ1) is 7.11. The van der Waals surface area contributed by atoms with E-state index in [2.05, 4.69) is 5.32 Å². The lowest BCUT2D eigenvalue weighted by atomic mass is 10.2. The molecule has 16 heavy (non-hydrogen) atoms. The van der Waals surface area contributed by atoms with Crippen LogP contribution in [0, 0.1) is 0 Å². The van der Waals surface area contributed by atoms with Crippen LogP contribution in [0.3, 0.4) is 0 Å². The van der Waals surface area contributed by atoms with Crippen molar-refractivity contribution in [2.45, 2.75) is 38.8 Å². The lowest BCUT2D eigenvalue weighted by Crippen LogP contribution is -2.48. The van der Waals surface area contributed by atoms with E-state index in [-0.39, 0.29) is 6.42 Å². The summed E-state index contributed by atoms with van der Waals surface area (Å²) in [6.45, 7) is 5.00. The molecule has 1 atom stereocenters. The van der Waals surface area contributed by atoms with Crippen molar-refractivity contribution < 1.29 is 19.1 Å². The number of carbonyl (C=O) groups is 3. The molecule has 0 radical (unpaired) electrons. The Balaban J connectivity index is 4.35. The van der Waals surface area contributed by atoms with Crippen molar-refractivity contribution in [3.8, 4) is 0 Å². The molecule has 0 fully saturated rings. The molecule has 0 bridgehead atoms. The normalized spacial score (nSPS) is 12.7. The largest absolute Gasteiger partial charge is 0.444 e. The van der Waals surface area contributed by atoms with Gasteiger partial charge in [-0.25, -0.2) is 4.79 Å². The highest BCUT2D eigenvalue weighted by Gasteiger charge is 2.23. The van der Waals surface area contributed by atoms with Crippen LogP contribution in [0.15, 0.2) is 0 Å². The van der Waals surface area contributed by atoms with Crippen molar-refractivity contribution >= 4 is 17.9 Å². The fourth-order valence-electron chi connectivity index (χ4n) is 0.874. The molecule has 0 aliphatic carbocycles. The predicted octanol–water partition coefficient (Wildman–Crippen LogP) is -0.760. The van der Waals surface area contributed by atoms with Gasteiger partial charge in [0.25, 0.3) is 0 Å². The maximum Gasteiger partial charge on any atom is 0.408 e. The molecule has 0 spiro atoms. The van der Waals surface area contributed by atoms with Gasteiger partial charge in [-0.3, -0.25) is 9.59 Å². The van der Waals surface area contributed by atoms with E-state index >= 15 is 0 Å². The summed E-state index contributed by atoms with van der Waals surface area (Å²) in [6.07, 6.45) is -1.17. The van der Waals surface area contributed by atoms with Gasteiger partial charge in [0.1, 0.15) is 11.6 Å². The van der Waals surface area contributed by atoms with Crippen molar-refractivity contribution in [2.24, 2.45) is 11.5 Å². The van der Waals surface area contributed by atoms with Crippen LogP contribution < -0.4 is 16.8 Å². The van der Waals surface area contributed by atoms with Crippen molar-refractivity contribution in [1.82, 2.24) is 5.32 Å². The first-order valence-corrected chi connectivity index (χ1v) is 4.69. The third-order valence-electron chi connectivity index (χ3n) is 1.44. The Morgan fingerprint density at radius 2 is 1.75 bits per heavy atom. The van der Waals surface area contributed by atoms with Crippen molar-refractivity contribution in [1.29, 1.82) is 0 Å². The topological polar surface area (TPSA) is 125 Å². The van der Waals surface area contributed by atoms with Crippen molar-refractivity contribution in [3.63, 3.8) is 0 Å². The second-order valence-electron chi connectivity index (χ2n) is 4.27. The third kappa shape index (κ3) is 6.63. The average molecular weight is 231 g/mol. The Bertz CT molecular complexity index is 296. The Kier molecular flexibility index (Phi) is 4.74. The van der Waals surface area contributed by atoms with E-state index in [0.717, 1.165) is 0 Å². The molecule has 7 nitrogen and oxygen atoms in total. The number of primary amides is 2. The molecule has 0 aliphatic heterocycles. The zero-order valence-corrected chi connectivity index (χ0v) is 9.57. The lowest BCUT2D eigenvalue weighted by molar-refractivity contribution is -0.125. The van der Waals surface area contributed by atoms with Gasteiger partial charge >= 0.3 is 6.09 Å². The monoisotopic (exact) mass is 231 g/mol. The number of nitrogens with one attached hydrogen (secondary N) is 1. The molecule has 5 N–H and O–H groups in total. The van der Waals surface area contributed by atoms with Gasteiger partial charge in [0.05, 0.1) is 6.42 Å². The molecule has 0 saturated carbocycles. The van der Waals surface area contributed by atoms with Gasteiger partial charge in [-0.2, -0.15) is 0 Å². The van der Waals surface area contributed by atoms with Crippen LogP contribution in [0.2, 0.25) is 0 Å². The standard InChI is InChI=1S/C9H17N3O4/c1-9(2,3)16-8(15)12-5(7(11)14)4-6(10)13/h5H,4H2,1-3H3,(H2,10,13)(H2,11,14)(H,12,15)/t5-/m1/s1. The highest BCUT2D eigenvalue weighted by molar-refractivity contribution is 5.89. The Labute approximate surface area is 93.5 Å². The summed E-state index contributed by atoms with van der Waals surface area (Å²) in [7, 11) is 0. The number of ether oxygens (including phenoxy) is 1. The molecule has 0 heterocycles. The maximum atomic E-state index is 11.3. The Hall–Kier alpha value is -1.79. The first kappa shape index (κ1) is 14.2. The average Bonchev–Trinajstić information content (AvgIpc) is 1.97. The van der Waals surface area contributed by atoms with Crippen LogP contribution in [0.4, 0.5) is 4.79 Å². The summed E-state index contributed by atoms with van der Waals surface area (Å²) in [5.74, 6) is -1.58. The second kappa shape index (κ2) is 5.34. The molecule has 0 saturated heterocycles. The van der Waals surface area contributed by atoms with Gasteiger partial charge in [0.15, 0.2) is 0 Å². The van der Waals surface area contributed by atoms with Crippen LogP contribution in [0.25, 0.3) is 0 Å². The van der Waals surface area contributed by atoms with E-state index in [9.17, 15) is 14.4 Å². The van der Waals surface area contributed by atoms with E-state index in [4.69, 9.17) is 16.2 Å². The smallest absolute Gasteiger partial charge is 0.408 e. The molecule has 0 aromatic rings. The molecule has 7 heteroatoms. The molecule has 0 unspecified atom stereocenters. The zero-order valence-electron chi connectivity index (χ0n) is 9.57. The van der Waals surface area contributed by atoms with Crippen LogP contribution in [-0.2, 0) is 14.3 Å². The van der Waals surface area contributed by atoms with E-state index in [1.54, 1.807) is 20.8 Å². The maximum absolute atomic E-state index is 11.3. The van der Waals surface area contributed by atoms with Gasteiger partial charge < -0.3 is 21.5 Å². The third-order valence-corrected chi connectivity index (χ3v) is 1.44. The van der Waals surface area contributed by atoms with Gasteiger partial charge in [-0.1, -0.05) is 0 Å².